The van der Waals surface area contributed by atoms with Crippen molar-refractivity contribution in [2.45, 2.75) is 50.7 Å². The van der Waals surface area contributed by atoms with Crippen LogP contribution in [0.2, 0.25) is 0 Å². The zero-order valence-corrected chi connectivity index (χ0v) is 24.1. The number of hydrogen-bond acceptors (Lipinski definition) is 8. The van der Waals surface area contributed by atoms with E-state index in [0.29, 0.717) is 38.7 Å². The van der Waals surface area contributed by atoms with Crippen LogP contribution >= 0.6 is 0 Å². The second-order valence-electron chi connectivity index (χ2n) is 11.2. The van der Waals surface area contributed by atoms with Crippen LogP contribution < -0.4 is 10.1 Å². The molecule has 2 aromatic carbocycles. The number of benzene rings is 2. The first-order valence-electron chi connectivity index (χ1n) is 14.2. The van der Waals surface area contributed by atoms with Crippen molar-refractivity contribution in [2.75, 3.05) is 46.6 Å². The zero-order chi connectivity index (χ0) is 29.4. The SMILES string of the molecule is COc1ccc(C[C@H](NC(=O)[C@H](C)CC(=O)CN2CCOCC2)C(=O)C[C@@H](C(=O)[C@@]2(C)CO2)c2ccccc2)cc1. The number of nitrogens with zero attached hydrogens (tertiary/aromatic N) is 1. The van der Waals surface area contributed by atoms with E-state index < -0.39 is 23.5 Å². The molecule has 2 aromatic rings. The minimum absolute atomic E-state index is 0.0278. The first-order valence-corrected chi connectivity index (χ1v) is 14.2. The molecule has 0 aromatic heterocycles. The van der Waals surface area contributed by atoms with Crippen molar-refractivity contribution in [2.24, 2.45) is 5.92 Å². The molecule has 2 heterocycles. The molecule has 1 amide bonds. The summed E-state index contributed by atoms with van der Waals surface area (Å²) in [4.78, 5) is 55.2. The highest BCUT2D eigenvalue weighted by Gasteiger charge is 2.50. The van der Waals surface area contributed by atoms with E-state index in [4.69, 9.17) is 14.2 Å². The van der Waals surface area contributed by atoms with Gasteiger partial charge in [-0.2, -0.15) is 0 Å². The molecule has 9 nitrogen and oxygen atoms in total. The number of ketones is 3. The number of morpholine rings is 1. The van der Waals surface area contributed by atoms with Gasteiger partial charge >= 0.3 is 0 Å². The quantitative estimate of drug-likeness (QED) is 0.329. The van der Waals surface area contributed by atoms with Gasteiger partial charge in [0.15, 0.2) is 11.6 Å². The average molecular weight is 565 g/mol. The lowest BCUT2D eigenvalue weighted by molar-refractivity contribution is -0.133. The Morgan fingerprint density at radius 2 is 1.66 bits per heavy atom. The van der Waals surface area contributed by atoms with Gasteiger partial charge in [-0.1, -0.05) is 49.4 Å². The number of epoxide rings is 1. The highest BCUT2D eigenvalue weighted by Crippen LogP contribution is 2.36. The van der Waals surface area contributed by atoms with Crippen molar-refractivity contribution in [3.05, 3.63) is 65.7 Å². The first kappa shape index (κ1) is 30.6. The minimum Gasteiger partial charge on any atom is -0.497 e. The van der Waals surface area contributed by atoms with E-state index in [2.05, 4.69) is 5.32 Å². The van der Waals surface area contributed by atoms with Crippen molar-refractivity contribution >= 4 is 23.3 Å². The monoisotopic (exact) mass is 564 g/mol. The van der Waals surface area contributed by atoms with Gasteiger partial charge in [-0.3, -0.25) is 24.1 Å². The van der Waals surface area contributed by atoms with E-state index in [9.17, 15) is 19.2 Å². The molecule has 9 heteroatoms. The molecule has 0 spiro atoms. The van der Waals surface area contributed by atoms with Crippen LogP contribution in [-0.4, -0.2) is 86.4 Å². The molecule has 0 radical (unpaired) electrons. The molecule has 0 bridgehead atoms. The number of ether oxygens (including phenoxy) is 3. The Hall–Kier alpha value is -3.40. The van der Waals surface area contributed by atoms with Crippen LogP contribution in [0.15, 0.2) is 54.6 Å². The number of hydrogen-bond donors (Lipinski definition) is 1. The summed E-state index contributed by atoms with van der Waals surface area (Å²) >= 11 is 0. The van der Waals surface area contributed by atoms with E-state index in [1.807, 2.05) is 47.4 Å². The average Bonchev–Trinajstić information content (AvgIpc) is 3.74. The van der Waals surface area contributed by atoms with Crippen LogP contribution in [0.25, 0.3) is 0 Å². The molecule has 0 aliphatic carbocycles. The molecule has 4 rings (SSSR count). The lowest BCUT2D eigenvalue weighted by Gasteiger charge is -2.26. The number of amides is 1. The Balaban J connectivity index is 1.48. The summed E-state index contributed by atoms with van der Waals surface area (Å²) in [6, 6.07) is 15.6. The third-order valence-electron chi connectivity index (χ3n) is 7.81. The molecule has 2 aliphatic rings. The summed E-state index contributed by atoms with van der Waals surface area (Å²) in [5.74, 6) is -1.42. The maximum Gasteiger partial charge on any atom is 0.223 e. The summed E-state index contributed by atoms with van der Waals surface area (Å²) in [5, 5.41) is 2.90. The summed E-state index contributed by atoms with van der Waals surface area (Å²) in [7, 11) is 1.58. The van der Waals surface area contributed by atoms with Crippen LogP contribution in [0.1, 0.15) is 43.7 Å². The van der Waals surface area contributed by atoms with Gasteiger partial charge in [-0.25, -0.2) is 0 Å². The van der Waals surface area contributed by atoms with E-state index in [1.54, 1.807) is 33.1 Å². The number of carbonyl (C=O) groups is 4. The normalized spacial score (nSPS) is 20.9. The molecule has 2 aliphatic heterocycles. The first-order chi connectivity index (χ1) is 19.7. The Bertz CT molecular complexity index is 1200. The third-order valence-corrected chi connectivity index (χ3v) is 7.81. The van der Waals surface area contributed by atoms with Gasteiger partial charge in [0.2, 0.25) is 5.91 Å². The Morgan fingerprint density at radius 3 is 2.27 bits per heavy atom. The molecule has 2 fully saturated rings. The largest absolute Gasteiger partial charge is 0.497 e. The Morgan fingerprint density at radius 1 is 1.00 bits per heavy atom. The molecule has 0 unspecified atom stereocenters. The molecular weight excluding hydrogens is 524 g/mol. The topological polar surface area (TPSA) is 115 Å². The van der Waals surface area contributed by atoms with Crippen LogP contribution in [0.5, 0.6) is 5.75 Å². The number of Topliss-reactive ketones (excluding diaryl/α,β-unsaturated/α-hetero) is 3. The van der Waals surface area contributed by atoms with E-state index in [1.165, 1.54) is 0 Å². The van der Waals surface area contributed by atoms with Crippen molar-refractivity contribution in [1.82, 2.24) is 10.2 Å². The fourth-order valence-electron chi connectivity index (χ4n) is 5.07. The standard InChI is InChI=1S/C32H40N2O7/c1-22(17-25(35)20-34-13-15-40-16-14-34)31(38)33-28(18-23-9-11-26(39-3)12-10-23)29(36)19-27(24-7-5-4-6-8-24)30(37)32(2)21-41-32/h4-12,22,27-28H,13-21H2,1-3H3,(H,33,38)/t22-,27-,28+,32-/m1/s1. The van der Waals surface area contributed by atoms with E-state index in [0.717, 1.165) is 11.1 Å². The predicted octanol–water partition coefficient (Wildman–Crippen LogP) is 2.75. The van der Waals surface area contributed by atoms with Crippen LogP contribution in [0, 0.1) is 5.92 Å². The molecule has 2 saturated heterocycles. The fraction of sp³-hybridized carbons (Fsp3) is 0.500. The number of nitrogens with one attached hydrogen (secondary N) is 1. The third kappa shape index (κ3) is 8.55. The van der Waals surface area contributed by atoms with E-state index in [-0.39, 0.29) is 49.1 Å². The number of carbonyl (C=O) groups excluding carboxylic acids is 4. The molecule has 4 atom stereocenters. The molecule has 41 heavy (non-hydrogen) atoms. The maximum absolute atomic E-state index is 13.8. The van der Waals surface area contributed by atoms with Crippen molar-refractivity contribution < 1.29 is 33.4 Å². The highest BCUT2D eigenvalue weighted by atomic mass is 16.6. The van der Waals surface area contributed by atoms with Crippen molar-refractivity contribution in [1.29, 1.82) is 0 Å². The minimum atomic E-state index is -0.898. The smallest absolute Gasteiger partial charge is 0.223 e. The lowest BCUT2D eigenvalue weighted by atomic mass is 9.83. The predicted molar refractivity (Wildman–Crippen MR) is 153 cm³/mol. The van der Waals surface area contributed by atoms with Gasteiger partial charge in [0.05, 0.1) is 45.4 Å². The summed E-state index contributed by atoms with van der Waals surface area (Å²) in [6.45, 7) is 6.60. The van der Waals surface area contributed by atoms with Gasteiger partial charge in [0.1, 0.15) is 17.1 Å². The second-order valence-corrected chi connectivity index (χ2v) is 11.2. The Kier molecular flexibility index (Phi) is 10.4. The van der Waals surface area contributed by atoms with Gasteiger partial charge in [-0.05, 0) is 36.6 Å². The van der Waals surface area contributed by atoms with Gasteiger partial charge in [0, 0.05) is 31.8 Å². The molecular formula is C32H40N2O7. The summed E-state index contributed by atoms with van der Waals surface area (Å²) < 4.78 is 16.0. The molecule has 1 N–H and O–H groups in total. The van der Waals surface area contributed by atoms with Crippen LogP contribution in [0.4, 0.5) is 0 Å². The van der Waals surface area contributed by atoms with Gasteiger partial charge < -0.3 is 19.5 Å². The number of methoxy groups -OCH3 is 1. The van der Waals surface area contributed by atoms with E-state index >= 15 is 0 Å². The summed E-state index contributed by atoms with van der Waals surface area (Å²) in [6.07, 6.45) is 0.243. The van der Waals surface area contributed by atoms with Gasteiger partial charge in [0.25, 0.3) is 0 Å². The highest BCUT2D eigenvalue weighted by molar-refractivity contribution is 6.00. The second kappa shape index (κ2) is 14.0. The molecule has 220 valence electrons. The summed E-state index contributed by atoms with van der Waals surface area (Å²) in [5.41, 5.74) is 0.671. The lowest BCUT2D eigenvalue weighted by Crippen LogP contribution is -2.46. The molecule has 0 saturated carbocycles. The van der Waals surface area contributed by atoms with Crippen molar-refractivity contribution in [3.8, 4) is 5.75 Å². The van der Waals surface area contributed by atoms with Crippen LogP contribution in [0.3, 0.4) is 0 Å². The van der Waals surface area contributed by atoms with Crippen LogP contribution in [-0.2, 0) is 35.1 Å². The maximum atomic E-state index is 13.8. The van der Waals surface area contributed by atoms with Gasteiger partial charge in [-0.15, -0.1) is 0 Å². The Labute approximate surface area is 241 Å². The number of rotatable bonds is 15. The fourth-order valence-corrected chi connectivity index (χ4v) is 5.07. The zero-order valence-electron chi connectivity index (χ0n) is 24.1. The van der Waals surface area contributed by atoms with Crippen molar-refractivity contribution in [3.63, 3.8) is 0 Å².